The third-order valence-corrected chi connectivity index (χ3v) is 7.08. The van der Waals surface area contributed by atoms with Crippen LogP contribution in [0.4, 0.5) is 0 Å². The second-order valence-electron chi connectivity index (χ2n) is 9.64. The summed E-state index contributed by atoms with van der Waals surface area (Å²) < 4.78 is 18.7. The second-order valence-corrected chi connectivity index (χ2v) is 9.64. The van der Waals surface area contributed by atoms with E-state index in [1.807, 2.05) is 91.0 Å². The fourth-order valence-electron chi connectivity index (χ4n) is 5.13. The van der Waals surface area contributed by atoms with Crippen molar-refractivity contribution in [2.45, 2.75) is 19.1 Å². The molecule has 0 atom stereocenters. The Morgan fingerprint density at radius 2 is 1.50 bits per heavy atom. The highest BCUT2D eigenvalue weighted by atomic mass is 16.5. The molecule has 0 unspecified atom stereocenters. The third-order valence-electron chi connectivity index (χ3n) is 7.08. The highest BCUT2D eigenvalue weighted by molar-refractivity contribution is 6.11. The quantitative estimate of drug-likeness (QED) is 0.162. The van der Waals surface area contributed by atoms with Crippen molar-refractivity contribution in [3.63, 3.8) is 0 Å². The lowest BCUT2D eigenvalue weighted by atomic mass is 9.83. The van der Waals surface area contributed by atoms with E-state index in [0.717, 1.165) is 15.7 Å². The molecule has 0 bridgehead atoms. The van der Waals surface area contributed by atoms with E-state index in [1.165, 1.54) is 6.92 Å². The normalized spacial score (nSPS) is 13.5. The number of benzene rings is 4. The van der Waals surface area contributed by atoms with Crippen molar-refractivity contribution in [1.82, 2.24) is 4.57 Å². The van der Waals surface area contributed by atoms with Gasteiger partial charge in [0.15, 0.2) is 11.2 Å². The smallest absolute Gasteiger partial charge is 0.422 e. The Balaban J connectivity index is 1.59. The first-order valence-electron chi connectivity index (χ1n) is 12.8. The highest BCUT2D eigenvalue weighted by Gasteiger charge is 2.38. The average Bonchev–Trinajstić information content (AvgIpc) is 2.99. The van der Waals surface area contributed by atoms with Gasteiger partial charge >= 0.3 is 11.7 Å². The first-order chi connectivity index (χ1) is 19.4. The van der Waals surface area contributed by atoms with E-state index in [-0.39, 0.29) is 29.7 Å². The molecule has 2 heterocycles. The van der Waals surface area contributed by atoms with Crippen LogP contribution in [0.1, 0.15) is 23.6 Å². The molecule has 1 aromatic heterocycles. The predicted octanol–water partition coefficient (Wildman–Crippen LogP) is 5.58. The number of nitrogens with zero attached hydrogens (tertiary/aromatic N) is 1. The van der Waals surface area contributed by atoms with Gasteiger partial charge in [0.05, 0.1) is 11.9 Å². The lowest BCUT2D eigenvalue weighted by Gasteiger charge is -2.36. The second kappa shape index (κ2) is 9.85. The van der Waals surface area contributed by atoms with E-state index in [2.05, 4.69) is 6.58 Å². The predicted molar refractivity (Wildman–Crippen MR) is 153 cm³/mol. The molecule has 5 aromatic rings. The molecule has 40 heavy (non-hydrogen) atoms. The van der Waals surface area contributed by atoms with Crippen molar-refractivity contribution in [2.24, 2.45) is 0 Å². The summed E-state index contributed by atoms with van der Waals surface area (Å²) >= 11 is 0. The zero-order chi connectivity index (χ0) is 27.9. The summed E-state index contributed by atoms with van der Waals surface area (Å²) in [4.78, 5) is 38.6. The number of esters is 1. The van der Waals surface area contributed by atoms with Gasteiger partial charge in [-0.05, 0) is 19.1 Å². The van der Waals surface area contributed by atoms with E-state index in [1.54, 1.807) is 6.07 Å². The van der Waals surface area contributed by atoms with Crippen molar-refractivity contribution in [2.75, 3.05) is 6.61 Å². The zero-order valence-corrected chi connectivity index (χ0v) is 21.8. The number of hydrogen-bond acceptors (Lipinski definition) is 6. The van der Waals surface area contributed by atoms with Gasteiger partial charge in [-0.1, -0.05) is 91.5 Å². The summed E-state index contributed by atoms with van der Waals surface area (Å²) in [6.45, 7) is 4.71. The molecule has 1 aliphatic heterocycles. The van der Waals surface area contributed by atoms with E-state index >= 15 is 0 Å². The molecule has 4 aromatic carbocycles. The number of ether oxygens (including phenoxy) is 2. The van der Waals surface area contributed by atoms with Crippen LogP contribution in [0, 0.1) is 0 Å². The molecule has 0 aliphatic carbocycles. The number of carbonyl (C=O) groups is 1. The summed E-state index contributed by atoms with van der Waals surface area (Å²) in [5.74, 6) is -0.932. The van der Waals surface area contributed by atoms with Gasteiger partial charge in [0, 0.05) is 33.0 Å². The van der Waals surface area contributed by atoms with Crippen LogP contribution in [-0.2, 0) is 21.7 Å². The number of hydrogen-bond donors (Lipinski definition) is 0. The Labute approximate surface area is 229 Å². The minimum atomic E-state index is -0.961. The van der Waals surface area contributed by atoms with Crippen LogP contribution in [0.3, 0.4) is 0 Å². The van der Waals surface area contributed by atoms with Gasteiger partial charge < -0.3 is 13.9 Å². The van der Waals surface area contributed by atoms with Crippen molar-refractivity contribution >= 4 is 33.8 Å². The molecule has 7 nitrogen and oxygen atoms in total. The van der Waals surface area contributed by atoms with E-state index in [9.17, 15) is 14.4 Å². The standard InChI is InChI=1S/C33H25NO6/c1-21(2)31(36)38-20-19-34-30(35)27-26-17-18-33(22-11-5-3-6-12-22,23-13-7-4-8-14-23)40-28(26)24-15-9-10-16-25(24)29(27)39-32(34)37/h3-18H,1,19-20H2,2H3. The lowest BCUT2D eigenvalue weighted by Crippen LogP contribution is -2.36. The Hall–Kier alpha value is -5.17. The minimum absolute atomic E-state index is 0.166. The number of aromatic nitrogens is 1. The summed E-state index contributed by atoms with van der Waals surface area (Å²) in [6.07, 6.45) is 3.79. The van der Waals surface area contributed by atoms with Crippen LogP contribution in [0.25, 0.3) is 27.8 Å². The van der Waals surface area contributed by atoms with E-state index in [0.29, 0.717) is 22.1 Å². The van der Waals surface area contributed by atoms with Crippen LogP contribution >= 0.6 is 0 Å². The van der Waals surface area contributed by atoms with Crippen LogP contribution in [0.5, 0.6) is 5.75 Å². The molecule has 0 fully saturated rings. The maximum absolute atomic E-state index is 13.8. The van der Waals surface area contributed by atoms with Gasteiger partial charge in [-0.25, -0.2) is 14.2 Å². The van der Waals surface area contributed by atoms with Gasteiger partial charge in [-0.2, -0.15) is 0 Å². The molecule has 0 amide bonds. The van der Waals surface area contributed by atoms with E-state index in [4.69, 9.17) is 13.9 Å². The topological polar surface area (TPSA) is 87.7 Å². The van der Waals surface area contributed by atoms with Crippen LogP contribution in [0.2, 0.25) is 0 Å². The van der Waals surface area contributed by atoms with Gasteiger partial charge in [0.1, 0.15) is 12.4 Å². The minimum Gasteiger partial charge on any atom is -0.472 e. The van der Waals surface area contributed by atoms with Crippen molar-refractivity contribution in [3.05, 3.63) is 141 Å². The summed E-state index contributed by atoms with van der Waals surface area (Å²) in [7, 11) is 0. The average molecular weight is 532 g/mol. The fraction of sp³-hybridized carbons (Fsp3) is 0.121. The zero-order valence-electron chi connectivity index (χ0n) is 21.8. The van der Waals surface area contributed by atoms with Gasteiger partial charge in [-0.3, -0.25) is 4.79 Å². The Bertz CT molecular complexity index is 1890. The van der Waals surface area contributed by atoms with Gasteiger partial charge in [0.25, 0.3) is 5.56 Å². The van der Waals surface area contributed by atoms with Crippen molar-refractivity contribution < 1.29 is 18.7 Å². The SMILES string of the molecule is C=C(C)C(=O)OCCn1c(=O)oc2c(c3c(c4ccccc42)OC(c2ccccc2)(c2ccccc2)C=C3)c1=O. The van der Waals surface area contributed by atoms with Crippen molar-refractivity contribution in [1.29, 1.82) is 0 Å². The largest absolute Gasteiger partial charge is 0.472 e. The van der Waals surface area contributed by atoms with Crippen LogP contribution in [0.15, 0.2) is 117 Å². The molecule has 6 rings (SSSR count). The highest BCUT2D eigenvalue weighted by Crippen LogP contribution is 2.47. The fourth-order valence-corrected chi connectivity index (χ4v) is 5.13. The molecule has 0 spiro atoms. The summed E-state index contributed by atoms with van der Waals surface area (Å²) in [6, 6.07) is 27.1. The lowest BCUT2D eigenvalue weighted by molar-refractivity contribution is -0.139. The summed E-state index contributed by atoms with van der Waals surface area (Å²) in [5, 5.41) is 1.50. The molecule has 0 N–H and O–H groups in total. The number of fused-ring (bicyclic) bond motifs is 6. The Kier molecular flexibility index (Phi) is 6.19. The maximum Gasteiger partial charge on any atom is 0.422 e. The van der Waals surface area contributed by atoms with E-state index < -0.39 is 22.9 Å². The molecule has 7 heteroatoms. The number of carbonyl (C=O) groups excluding carboxylic acids is 1. The first-order valence-corrected chi connectivity index (χ1v) is 12.8. The molecule has 0 radical (unpaired) electrons. The maximum atomic E-state index is 13.8. The summed E-state index contributed by atoms with van der Waals surface area (Å²) in [5.41, 5.74) is 1.24. The van der Waals surface area contributed by atoms with Gasteiger partial charge in [-0.15, -0.1) is 0 Å². The van der Waals surface area contributed by atoms with Crippen molar-refractivity contribution in [3.8, 4) is 5.75 Å². The van der Waals surface area contributed by atoms with Gasteiger partial charge in [0.2, 0.25) is 0 Å². The molecule has 1 aliphatic rings. The monoisotopic (exact) mass is 531 g/mol. The first kappa shape index (κ1) is 25.1. The Morgan fingerprint density at radius 1 is 0.900 bits per heavy atom. The third kappa shape index (κ3) is 4.03. The molecule has 198 valence electrons. The van der Waals surface area contributed by atoms with Crippen LogP contribution in [-0.4, -0.2) is 17.1 Å². The molecule has 0 saturated carbocycles. The molecular weight excluding hydrogens is 506 g/mol. The molecular formula is C33H25NO6. The van der Waals surface area contributed by atoms with Crippen LogP contribution < -0.4 is 16.1 Å². The molecule has 0 saturated heterocycles. The Morgan fingerprint density at radius 3 is 2.12 bits per heavy atom. The number of rotatable bonds is 6.